The molecular weight excluding hydrogens is 322 g/mol. The second-order valence-electron chi connectivity index (χ2n) is 7.91. The Hall–Kier alpha value is -2.14. The first-order valence-electron chi connectivity index (χ1n) is 10.0. The Morgan fingerprint density at radius 1 is 1.00 bits per heavy atom. The smallest absolute Gasteiger partial charge is 0.156 e. The number of anilines is 1. The van der Waals surface area contributed by atoms with Crippen LogP contribution in [0.15, 0.2) is 24.5 Å². The zero-order valence-corrected chi connectivity index (χ0v) is 15.5. The molecule has 0 amide bonds. The van der Waals surface area contributed by atoms with Crippen LogP contribution in [0.1, 0.15) is 37.7 Å². The molecule has 5 nitrogen and oxygen atoms in total. The van der Waals surface area contributed by atoms with Gasteiger partial charge in [-0.05, 0) is 31.9 Å². The molecule has 1 saturated heterocycles. The second kappa shape index (κ2) is 6.54. The number of nitrogens with one attached hydrogen (secondary N) is 1. The van der Waals surface area contributed by atoms with Gasteiger partial charge in [-0.15, -0.1) is 0 Å². The zero-order valence-electron chi connectivity index (χ0n) is 15.5. The summed E-state index contributed by atoms with van der Waals surface area (Å²) in [7, 11) is 0. The summed E-state index contributed by atoms with van der Waals surface area (Å²) in [5.41, 5.74) is 4.54. The SMILES string of the molecule is Cc1ccc2[nH]c3c(N4CCN(C5CCCCC5)CC4)ncnc3c2c1. The predicted octanol–water partition coefficient (Wildman–Crippen LogP) is 3.87. The number of aromatic amines is 1. The Morgan fingerprint density at radius 2 is 1.81 bits per heavy atom. The van der Waals surface area contributed by atoms with Gasteiger partial charge in [-0.1, -0.05) is 30.9 Å². The Morgan fingerprint density at radius 3 is 2.62 bits per heavy atom. The topological polar surface area (TPSA) is 48.1 Å². The van der Waals surface area contributed by atoms with Crippen LogP contribution in [-0.4, -0.2) is 52.1 Å². The third-order valence-corrected chi connectivity index (χ3v) is 6.22. The van der Waals surface area contributed by atoms with Crippen LogP contribution in [0, 0.1) is 6.92 Å². The van der Waals surface area contributed by atoms with Gasteiger partial charge >= 0.3 is 0 Å². The van der Waals surface area contributed by atoms with Gasteiger partial charge < -0.3 is 9.88 Å². The maximum absolute atomic E-state index is 4.65. The summed E-state index contributed by atoms with van der Waals surface area (Å²) in [5, 5.41) is 1.20. The molecule has 0 unspecified atom stereocenters. The van der Waals surface area contributed by atoms with E-state index in [0.717, 1.165) is 54.6 Å². The van der Waals surface area contributed by atoms with Gasteiger partial charge in [0.05, 0.1) is 0 Å². The van der Waals surface area contributed by atoms with Crippen LogP contribution >= 0.6 is 0 Å². The van der Waals surface area contributed by atoms with Crippen molar-refractivity contribution in [2.24, 2.45) is 0 Å². The highest BCUT2D eigenvalue weighted by atomic mass is 15.3. The number of hydrogen-bond acceptors (Lipinski definition) is 4. The minimum Gasteiger partial charge on any atom is -0.352 e. The van der Waals surface area contributed by atoms with E-state index in [2.05, 4.69) is 49.9 Å². The van der Waals surface area contributed by atoms with Crippen molar-refractivity contribution in [1.82, 2.24) is 19.9 Å². The molecule has 3 heterocycles. The monoisotopic (exact) mass is 349 g/mol. The number of nitrogens with zero attached hydrogens (tertiary/aromatic N) is 4. The fourth-order valence-corrected chi connectivity index (χ4v) is 4.78. The van der Waals surface area contributed by atoms with Crippen molar-refractivity contribution in [3.05, 3.63) is 30.1 Å². The van der Waals surface area contributed by atoms with Gasteiger partial charge in [0.2, 0.25) is 0 Å². The minimum absolute atomic E-state index is 0.812. The third-order valence-electron chi connectivity index (χ3n) is 6.22. The molecule has 5 heteroatoms. The van der Waals surface area contributed by atoms with Crippen molar-refractivity contribution in [2.45, 2.75) is 45.1 Å². The second-order valence-corrected chi connectivity index (χ2v) is 7.91. The Kier molecular flexibility index (Phi) is 4.04. The van der Waals surface area contributed by atoms with Crippen molar-refractivity contribution in [1.29, 1.82) is 0 Å². The van der Waals surface area contributed by atoms with Crippen LogP contribution in [0.25, 0.3) is 21.9 Å². The summed E-state index contributed by atoms with van der Waals surface area (Å²) >= 11 is 0. The van der Waals surface area contributed by atoms with E-state index in [4.69, 9.17) is 0 Å². The molecule has 2 aromatic heterocycles. The number of H-pyrrole nitrogens is 1. The van der Waals surface area contributed by atoms with Crippen molar-refractivity contribution >= 4 is 27.8 Å². The highest BCUT2D eigenvalue weighted by molar-refractivity contribution is 6.08. The van der Waals surface area contributed by atoms with E-state index in [0.29, 0.717) is 0 Å². The molecule has 5 rings (SSSR count). The summed E-state index contributed by atoms with van der Waals surface area (Å²) in [6, 6.07) is 7.32. The average molecular weight is 349 g/mol. The van der Waals surface area contributed by atoms with E-state index in [1.165, 1.54) is 43.1 Å². The van der Waals surface area contributed by atoms with Gasteiger partial charge in [0.1, 0.15) is 17.4 Å². The highest BCUT2D eigenvalue weighted by Gasteiger charge is 2.26. The average Bonchev–Trinajstić information content (AvgIpc) is 3.07. The van der Waals surface area contributed by atoms with Gasteiger partial charge in [-0.25, -0.2) is 9.97 Å². The number of aryl methyl sites for hydroxylation is 1. The van der Waals surface area contributed by atoms with Gasteiger partial charge in [-0.3, -0.25) is 4.90 Å². The van der Waals surface area contributed by atoms with Crippen molar-refractivity contribution in [3.63, 3.8) is 0 Å². The minimum atomic E-state index is 0.812. The number of benzene rings is 1. The molecular formula is C21H27N5. The number of piperazine rings is 1. The maximum Gasteiger partial charge on any atom is 0.156 e. The first-order valence-corrected chi connectivity index (χ1v) is 10.0. The van der Waals surface area contributed by atoms with E-state index >= 15 is 0 Å². The molecule has 2 fully saturated rings. The quantitative estimate of drug-likeness (QED) is 0.763. The summed E-state index contributed by atoms with van der Waals surface area (Å²) in [4.78, 5) is 17.9. The van der Waals surface area contributed by atoms with E-state index in [1.807, 2.05) is 0 Å². The molecule has 1 aliphatic carbocycles. The lowest BCUT2D eigenvalue weighted by Gasteiger charge is -2.41. The fraction of sp³-hybridized carbons (Fsp3) is 0.524. The molecule has 0 radical (unpaired) electrons. The Labute approximate surface area is 154 Å². The van der Waals surface area contributed by atoms with E-state index in [1.54, 1.807) is 6.33 Å². The van der Waals surface area contributed by atoms with Crippen molar-refractivity contribution in [3.8, 4) is 0 Å². The van der Waals surface area contributed by atoms with Crippen LogP contribution in [-0.2, 0) is 0 Å². The molecule has 1 saturated carbocycles. The number of aromatic nitrogens is 3. The molecule has 0 atom stereocenters. The van der Waals surface area contributed by atoms with Crippen LogP contribution in [0.5, 0.6) is 0 Å². The molecule has 0 bridgehead atoms. The van der Waals surface area contributed by atoms with E-state index < -0.39 is 0 Å². The van der Waals surface area contributed by atoms with Gasteiger partial charge in [-0.2, -0.15) is 0 Å². The Bertz CT molecular complexity index is 917. The van der Waals surface area contributed by atoms with Crippen molar-refractivity contribution in [2.75, 3.05) is 31.1 Å². The van der Waals surface area contributed by atoms with Crippen LogP contribution in [0.4, 0.5) is 5.82 Å². The van der Waals surface area contributed by atoms with Gasteiger partial charge in [0, 0.05) is 43.1 Å². The lowest BCUT2D eigenvalue weighted by molar-refractivity contribution is 0.148. The molecule has 1 N–H and O–H groups in total. The van der Waals surface area contributed by atoms with E-state index in [-0.39, 0.29) is 0 Å². The molecule has 3 aromatic rings. The maximum atomic E-state index is 4.65. The normalized spacial score (nSPS) is 20.3. The van der Waals surface area contributed by atoms with E-state index in [9.17, 15) is 0 Å². The molecule has 0 spiro atoms. The number of rotatable bonds is 2. The first-order chi connectivity index (χ1) is 12.8. The Balaban J connectivity index is 1.42. The fourth-order valence-electron chi connectivity index (χ4n) is 4.78. The molecule has 2 aliphatic rings. The molecule has 136 valence electrons. The van der Waals surface area contributed by atoms with Gasteiger partial charge in [0.25, 0.3) is 0 Å². The summed E-state index contributed by atoms with van der Waals surface area (Å²) < 4.78 is 0. The number of fused-ring (bicyclic) bond motifs is 3. The predicted molar refractivity (Wildman–Crippen MR) is 107 cm³/mol. The van der Waals surface area contributed by atoms with Crippen molar-refractivity contribution < 1.29 is 0 Å². The summed E-state index contributed by atoms with van der Waals surface area (Å²) in [6.45, 7) is 6.53. The van der Waals surface area contributed by atoms with Crippen LogP contribution in [0.2, 0.25) is 0 Å². The summed E-state index contributed by atoms with van der Waals surface area (Å²) in [6.07, 6.45) is 8.74. The first kappa shape index (κ1) is 16.1. The van der Waals surface area contributed by atoms with Crippen LogP contribution < -0.4 is 4.90 Å². The zero-order chi connectivity index (χ0) is 17.5. The highest BCUT2D eigenvalue weighted by Crippen LogP contribution is 2.31. The number of hydrogen-bond donors (Lipinski definition) is 1. The largest absolute Gasteiger partial charge is 0.352 e. The third kappa shape index (κ3) is 2.75. The van der Waals surface area contributed by atoms with Crippen LogP contribution in [0.3, 0.4) is 0 Å². The lowest BCUT2D eigenvalue weighted by atomic mass is 9.94. The molecule has 26 heavy (non-hydrogen) atoms. The standard InChI is InChI=1S/C21H27N5/c1-15-7-8-18-17(13-15)19-20(24-18)21(23-14-22-19)26-11-9-25(10-12-26)16-5-3-2-4-6-16/h7-8,13-14,16,24H,2-6,9-12H2,1H3. The summed E-state index contributed by atoms with van der Waals surface area (Å²) in [5.74, 6) is 1.06. The molecule has 1 aliphatic heterocycles. The lowest BCUT2D eigenvalue weighted by Crippen LogP contribution is -2.51. The molecule has 1 aromatic carbocycles. The van der Waals surface area contributed by atoms with Gasteiger partial charge in [0.15, 0.2) is 5.82 Å².